The van der Waals surface area contributed by atoms with E-state index in [1.165, 1.54) is 14.2 Å². The quantitative estimate of drug-likeness (QED) is 0.319. The molecule has 2 aromatic rings. The van der Waals surface area contributed by atoms with Crippen molar-refractivity contribution in [2.24, 2.45) is 10.9 Å². The largest absolute Gasteiger partial charge is 0.493 e. The first-order valence-corrected chi connectivity index (χ1v) is 8.38. The van der Waals surface area contributed by atoms with Gasteiger partial charge in [-0.3, -0.25) is 0 Å². The topological polar surface area (TPSA) is 92.4 Å². The van der Waals surface area contributed by atoms with Gasteiger partial charge in [0.15, 0.2) is 23.9 Å². The van der Waals surface area contributed by atoms with E-state index in [2.05, 4.69) is 21.1 Å². The number of ether oxygens (including phenoxy) is 3. The fourth-order valence-electron chi connectivity index (χ4n) is 2.09. The van der Waals surface area contributed by atoms with Crippen molar-refractivity contribution in [3.63, 3.8) is 0 Å². The Hall–Kier alpha value is -2.74. The second-order valence-corrected chi connectivity index (χ2v) is 6.12. The molecule has 0 aliphatic heterocycles. The van der Waals surface area contributed by atoms with E-state index in [1.54, 1.807) is 24.3 Å². The Morgan fingerprint density at radius 2 is 1.77 bits per heavy atom. The van der Waals surface area contributed by atoms with Crippen LogP contribution in [-0.4, -0.2) is 32.6 Å². The van der Waals surface area contributed by atoms with Gasteiger partial charge in [-0.1, -0.05) is 21.1 Å². The average Bonchev–Trinajstić information content (AvgIpc) is 2.64. The maximum Gasteiger partial charge on any atom is 0.372 e. The van der Waals surface area contributed by atoms with Crippen molar-refractivity contribution in [2.75, 3.05) is 20.8 Å². The summed E-state index contributed by atoms with van der Waals surface area (Å²) in [5.74, 6) is 0.986. The smallest absolute Gasteiger partial charge is 0.372 e. The van der Waals surface area contributed by atoms with E-state index in [9.17, 15) is 4.79 Å². The number of carbonyl (C=O) groups is 1. The normalized spacial score (nSPS) is 11.0. The van der Waals surface area contributed by atoms with Gasteiger partial charge in [0, 0.05) is 10.0 Å². The van der Waals surface area contributed by atoms with Gasteiger partial charge >= 0.3 is 5.97 Å². The first-order chi connectivity index (χ1) is 12.4. The second kappa shape index (κ2) is 9.10. The third-order valence-corrected chi connectivity index (χ3v) is 3.90. The number of carbonyl (C=O) groups excluding carboxylic acids is 1. The lowest BCUT2D eigenvalue weighted by molar-refractivity contribution is -0.146. The van der Waals surface area contributed by atoms with Crippen LogP contribution in [0.2, 0.25) is 0 Å². The van der Waals surface area contributed by atoms with E-state index >= 15 is 0 Å². The van der Waals surface area contributed by atoms with E-state index in [-0.39, 0.29) is 12.4 Å². The zero-order chi connectivity index (χ0) is 19.1. The molecule has 2 rings (SSSR count). The van der Waals surface area contributed by atoms with E-state index in [1.807, 2.05) is 19.1 Å². The molecule has 0 amide bonds. The van der Waals surface area contributed by atoms with Crippen molar-refractivity contribution in [1.29, 1.82) is 0 Å². The van der Waals surface area contributed by atoms with Crippen LogP contribution < -0.4 is 19.9 Å². The molecule has 0 spiro atoms. The lowest BCUT2D eigenvalue weighted by atomic mass is 10.2. The van der Waals surface area contributed by atoms with E-state index in [0.29, 0.717) is 22.8 Å². The molecule has 0 fully saturated rings. The Labute approximate surface area is 159 Å². The van der Waals surface area contributed by atoms with Crippen LogP contribution in [0.4, 0.5) is 0 Å². The number of oxime groups is 1. The standard InChI is InChI=1S/C18H19BrN2O5/c1-11-8-13(19)5-7-14(11)25-10-17(22)26-21-18(20)12-4-6-15(23-2)16(9-12)24-3/h4-9H,10H2,1-3H3,(H2,20,21). The molecule has 2 N–H and O–H groups in total. The zero-order valence-corrected chi connectivity index (χ0v) is 16.2. The maximum atomic E-state index is 11.8. The minimum atomic E-state index is -0.671. The van der Waals surface area contributed by atoms with Gasteiger partial charge in [0.2, 0.25) is 0 Å². The van der Waals surface area contributed by atoms with Gasteiger partial charge < -0.3 is 24.8 Å². The summed E-state index contributed by atoms with van der Waals surface area (Å²) in [6.07, 6.45) is 0. The number of halogens is 1. The lowest BCUT2D eigenvalue weighted by Crippen LogP contribution is -2.18. The molecule has 0 bridgehead atoms. The Balaban J connectivity index is 1.96. The van der Waals surface area contributed by atoms with Crippen molar-refractivity contribution in [1.82, 2.24) is 0 Å². The molecule has 0 aliphatic rings. The molecule has 138 valence electrons. The van der Waals surface area contributed by atoms with Crippen LogP contribution in [0.5, 0.6) is 17.2 Å². The Bertz CT molecular complexity index is 823. The number of benzene rings is 2. The van der Waals surface area contributed by atoms with Crippen LogP contribution in [0.15, 0.2) is 46.0 Å². The molecule has 26 heavy (non-hydrogen) atoms. The van der Waals surface area contributed by atoms with Crippen LogP contribution in [0.3, 0.4) is 0 Å². The lowest BCUT2D eigenvalue weighted by Gasteiger charge is -2.09. The fraction of sp³-hybridized carbons (Fsp3) is 0.222. The van der Waals surface area contributed by atoms with Crippen LogP contribution >= 0.6 is 15.9 Å². The summed E-state index contributed by atoms with van der Waals surface area (Å²) in [7, 11) is 3.04. The molecular formula is C18H19BrN2O5. The third kappa shape index (κ3) is 5.13. The van der Waals surface area contributed by atoms with Crippen molar-refractivity contribution in [3.8, 4) is 17.2 Å². The molecule has 0 aliphatic carbocycles. The number of rotatable bonds is 7. The molecule has 0 aromatic heterocycles. The summed E-state index contributed by atoms with van der Waals surface area (Å²) in [5, 5.41) is 3.64. The average molecular weight is 423 g/mol. The van der Waals surface area contributed by atoms with E-state index < -0.39 is 5.97 Å². The number of aryl methyl sites for hydroxylation is 1. The molecule has 8 heteroatoms. The van der Waals surface area contributed by atoms with Gasteiger partial charge in [-0.15, -0.1) is 0 Å². The molecule has 7 nitrogen and oxygen atoms in total. The van der Waals surface area contributed by atoms with Crippen LogP contribution in [-0.2, 0) is 9.63 Å². The van der Waals surface area contributed by atoms with Crippen molar-refractivity contribution in [3.05, 3.63) is 52.0 Å². The molecule has 0 unspecified atom stereocenters. The monoisotopic (exact) mass is 422 g/mol. The molecule has 0 saturated heterocycles. The highest BCUT2D eigenvalue weighted by Gasteiger charge is 2.10. The van der Waals surface area contributed by atoms with Gasteiger partial charge in [-0.05, 0) is 48.9 Å². The number of hydrogen-bond acceptors (Lipinski definition) is 6. The van der Waals surface area contributed by atoms with Gasteiger partial charge in [-0.2, -0.15) is 0 Å². The number of nitrogens with zero attached hydrogens (tertiary/aromatic N) is 1. The van der Waals surface area contributed by atoms with Crippen LogP contribution in [0, 0.1) is 6.92 Å². The third-order valence-electron chi connectivity index (χ3n) is 3.41. The Kier molecular flexibility index (Phi) is 6.85. The Morgan fingerprint density at radius 1 is 1.08 bits per heavy atom. The highest BCUT2D eigenvalue weighted by atomic mass is 79.9. The molecule has 0 atom stereocenters. The number of nitrogens with two attached hydrogens (primary N) is 1. The first kappa shape index (κ1) is 19.6. The van der Waals surface area contributed by atoms with E-state index in [0.717, 1.165) is 10.0 Å². The maximum absolute atomic E-state index is 11.8. The van der Waals surface area contributed by atoms with Gasteiger partial charge in [0.05, 0.1) is 14.2 Å². The summed E-state index contributed by atoms with van der Waals surface area (Å²) in [6, 6.07) is 10.4. The number of amidine groups is 1. The minimum absolute atomic E-state index is 0.0270. The number of hydrogen-bond donors (Lipinski definition) is 1. The van der Waals surface area contributed by atoms with Crippen molar-refractivity contribution >= 4 is 27.7 Å². The van der Waals surface area contributed by atoms with Crippen LogP contribution in [0.25, 0.3) is 0 Å². The summed E-state index contributed by atoms with van der Waals surface area (Å²) < 4.78 is 16.7. The second-order valence-electron chi connectivity index (χ2n) is 5.21. The first-order valence-electron chi connectivity index (χ1n) is 7.59. The van der Waals surface area contributed by atoms with E-state index in [4.69, 9.17) is 24.8 Å². The summed E-state index contributed by atoms with van der Waals surface area (Å²) in [4.78, 5) is 16.6. The van der Waals surface area contributed by atoms with Gasteiger partial charge in [0.1, 0.15) is 5.75 Å². The minimum Gasteiger partial charge on any atom is -0.493 e. The fourth-order valence-corrected chi connectivity index (χ4v) is 2.56. The van der Waals surface area contributed by atoms with Gasteiger partial charge in [-0.25, -0.2) is 4.79 Å². The zero-order valence-electron chi connectivity index (χ0n) is 14.6. The number of methoxy groups -OCH3 is 2. The SMILES string of the molecule is COc1ccc(/C(N)=N/OC(=O)COc2ccc(Br)cc2C)cc1OC. The molecule has 0 heterocycles. The van der Waals surface area contributed by atoms with Crippen molar-refractivity contribution < 1.29 is 23.8 Å². The molecule has 0 radical (unpaired) electrons. The molecule has 0 saturated carbocycles. The summed E-state index contributed by atoms with van der Waals surface area (Å²) >= 11 is 3.36. The predicted molar refractivity (Wildman–Crippen MR) is 101 cm³/mol. The molecule has 2 aromatic carbocycles. The Morgan fingerprint density at radius 3 is 2.42 bits per heavy atom. The predicted octanol–water partition coefficient (Wildman–Crippen LogP) is 3.02. The van der Waals surface area contributed by atoms with Crippen molar-refractivity contribution in [2.45, 2.75) is 6.92 Å². The highest BCUT2D eigenvalue weighted by molar-refractivity contribution is 9.10. The van der Waals surface area contributed by atoms with Gasteiger partial charge in [0.25, 0.3) is 0 Å². The highest BCUT2D eigenvalue weighted by Crippen LogP contribution is 2.27. The summed E-state index contributed by atoms with van der Waals surface area (Å²) in [6.45, 7) is 1.59. The van der Waals surface area contributed by atoms with Crippen LogP contribution in [0.1, 0.15) is 11.1 Å². The molecular weight excluding hydrogens is 404 g/mol. The summed E-state index contributed by atoms with van der Waals surface area (Å²) in [5.41, 5.74) is 7.25.